The van der Waals surface area contributed by atoms with Gasteiger partial charge < -0.3 is 5.73 Å². The van der Waals surface area contributed by atoms with Gasteiger partial charge in [-0.2, -0.15) is 10.5 Å². The Bertz CT molecular complexity index is 656. The van der Waals surface area contributed by atoms with Gasteiger partial charge in [0.1, 0.15) is 18.5 Å². The van der Waals surface area contributed by atoms with E-state index in [1.54, 1.807) is 12.1 Å². The second-order valence-corrected chi connectivity index (χ2v) is 3.40. The number of nitriles is 2. The fraction of sp³-hybridized carbons (Fsp3) is 0.0909. The van der Waals surface area contributed by atoms with Gasteiger partial charge in [-0.1, -0.05) is 0 Å². The van der Waals surface area contributed by atoms with Crippen molar-refractivity contribution in [1.29, 1.82) is 10.5 Å². The highest BCUT2D eigenvalue weighted by atomic mass is 15.1. The number of hydrogen-bond donors (Lipinski definition) is 1. The van der Waals surface area contributed by atoms with E-state index in [-0.39, 0.29) is 11.4 Å². The SMILES string of the molecule is Cc1ccc(N)c(-n2cnc(C#N)c2C#N)n1. The minimum Gasteiger partial charge on any atom is -0.396 e. The van der Waals surface area contributed by atoms with Gasteiger partial charge in [-0.05, 0) is 19.1 Å². The molecule has 0 saturated heterocycles. The molecule has 82 valence electrons. The molecule has 2 aromatic rings. The molecule has 0 fully saturated rings. The molecule has 0 bridgehead atoms. The highest BCUT2D eigenvalue weighted by Crippen LogP contribution is 2.18. The predicted octanol–water partition coefficient (Wildman–Crippen LogP) is 0.901. The molecule has 0 atom stereocenters. The van der Waals surface area contributed by atoms with E-state index in [1.165, 1.54) is 10.9 Å². The molecule has 0 aliphatic carbocycles. The maximum Gasteiger partial charge on any atom is 0.177 e. The van der Waals surface area contributed by atoms with Crippen LogP contribution in [0.5, 0.6) is 0 Å². The Balaban J connectivity index is 2.70. The second-order valence-electron chi connectivity index (χ2n) is 3.40. The van der Waals surface area contributed by atoms with Crippen molar-refractivity contribution < 1.29 is 0 Å². The Morgan fingerprint density at radius 1 is 1.29 bits per heavy atom. The first-order valence-electron chi connectivity index (χ1n) is 4.78. The van der Waals surface area contributed by atoms with E-state index in [0.717, 1.165) is 5.69 Å². The van der Waals surface area contributed by atoms with Crippen molar-refractivity contribution in [2.24, 2.45) is 0 Å². The van der Waals surface area contributed by atoms with Gasteiger partial charge in [0.2, 0.25) is 0 Å². The third kappa shape index (κ3) is 1.68. The lowest BCUT2D eigenvalue weighted by atomic mass is 10.3. The topological polar surface area (TPSA) is 104 Å². The zero-order valence-corrected chi connectivity index (χ0v) is 9.05. The average molecular weight is 224 g/mol. The third-order valence-corrected chi connectivity index (χ3v) is 2.25. The van der Waals surface area contributed by atoms with Crippen molar-refractivity contribution in [2.45, 2.75) is 6.92 Å². The van der Waals surface area contributed by atoms with Crippen LogP contribution in [-0.4, -0.2) is 14.5 Å². The number of rotatable bonds is 1. The molecule has 0 saturated carbocycles. The van der Waals surface area contributed by atoms with Crippen LogP contribution >= 0.6 is 0 Å². The summed E-state index contributed by atoms with van der Waals surface area (Å²) < 4.78 is 1.42. The average Bonchev–Trinajstić information content (AvgIpc) is 2.74. The van der Waals surface area contributed by atoms with Crippen molar-refractivity contribution in [3.63, 3.8) is 0 Å². The van der Waals surface area contributed by atoms with E-state index >= 15 is 0 Å². The van der Waals surface area contributed by atoms with Crippen molar-refractivity contribution in [3.05, 3.63) is 35.5 Å². The Hall–Kier alpha value is -2.86. The summed E-state index contributed by atoms with van der Waals surface area (Å²) >= 11 is 0. The van der Waals surface area contributed by atoms with Crippen LogP contribution in [0.15, 0.2) is 18.5 Å². The van der Waals surface area contributed by atoms with Gasteiger partial charge in [0.15, 0.2) is 17.2 Å². The highest BCUT2D eigenvalue weighted by Gasteiger charge is 2.14. The van der Waals surface area contributed by atoms with E-state index < -0.39 is 0 Å². The molecule has 2 rings (SSSR count). The molecule has 2 N–H and O–H groups in total. The lowest BCUT2D eigenvalue weighted by Gasteiger charge is -2.06. The maximum atomic E-state index is 9.01. The summed E-state index contributed by atoms with van der Waals surface area (Å²) in [5, 5.41) is 17.8. The van der Waals surface area contributed by atoms with Crippen molar-refractivity contribution in [3.8, 4) is 18.0 Å². The number of anilines is 1. The lowest BCUT2D eigenvalue weighted by Crippen LogP contribution is -2.05. The molecule has 0 unspecified atom stereocenters. The number of pyridine rings is 1. The predicted molar refractivity (Wildman–Crippen MR) is 59.9 cm³/mol. The van der Waals surface area contributed by atoms with Gasteiger partial charge in [-0.15, -0.1) is 0 Å². The number of nitrogen functional groups attached to an aromatic ring is 1. The van der Waals surface area contributed by atoms with E-state index in [2.05, 4.69) is 9.97 Å². The Kier molecular flexibility index (Phi) is 2.48. The molecule has 0 spiro atoms. The van der Waals surface area contributed by atoms with Crippen LogP contribution in [0.3, 0.4) is 0 Å². The summed E-state index contributed by atoms with van der Waals surface area (Å²) in [6.07, 6.45) is 1.37. The first-order chi connectivity index (χ1) is 8.17. The van der Waals surface area contributed by atoms with Crippen LogP contribution in [0.25, 0.3) is 5.82 Å². The first-order valence-corrected chi connectivity index (χ1v) is 4.78. The van der Waals surface area contributed by atoms with Crippen molar-refractivity contribution in [1.82, 2.24) is 14.5 Å². The molecule has 17 heavy (non-hydrogen) atoms. The highest BCUT2D eigenvalue weighted by molar-refractivity contribution is 5.56. The normalized spacial score (nSPS) is 9.59. The standard InChI is InChI=1S/C11H8N6/c1-7-2-3-8(14)11(16-7)17-6-15-9(4-12)10(17)5-13/h2-3,6H,14H2,1H3. The quantitative estimate of drug-likeness (QED) is 0.774. The second kappa shape index (κ2) is 3.95. The number of nitrogens with two attached hydrogens (primary N) is 1. The first kappa shape index (κ1) is 10.7. The molecular formula is C11H8N6. The Morgan fingerprint density at radius 3 is 2.71 bits per heavy atom. The molecule has 0 aliphatic rings. The van der Waals surface area contributed by atoms with Crippen molar-refractivity contribution >= 4 is 5.69 Å². The maximum absolute atomic E-state index is 9.01. The molecular weight excluding hydrogens is 216 g/mol. The number of imidazole rings is 1. The molecule has 6 nitrogen and oxygen atoms in total. The van der Waals surface area contributed by atoms with Crippen LogP contribution in [0.4, 0.5) is 5.69 Å². The Morgan fingerprint density at radius 2 is 2.06 bits per heavy atom. The van der Waals surface area contributed by atoms with Crippen LogP contribution < -0.4 is 5.73 Å². The molecule has 0 amide bonds. The van der Waals surface area contributed by atoms with Crippen molar-refractivity contribution in [2.75, 3.05) is 5.73 Å². The lowest BCUT2D eigenvalue weighted by molar-refractivity contribution is 0.965. The van der Waals surface area contributed by atoms with E-state index in [9.17, 15) is 0 Å². The minimum atomic E-state index is 0.0650. The molecule has 0 radical (unpaired) electrons. The largest absolute Gasteiger partial charge is 0.396 e. The molecule has 6 heteroatoms. The van der Waals surface area contributed by atoms with Gasteiger partial charge in [0.25, 0.3) is 0 Å². The summed E-state index contributed by atoms with van der Waals surface area (Å²) in [6, 6.07) is 7.24. The fourth-order valence-electron chi connectivity index (χ4n) is 1.44. The Labute approximate surface area is 97.6 Å². The van der Waals surface area contributed by atoms with Crippen LogP contribution in [0.1, 0.15) is 17.1 Å². The van der Waals surface area contributed by atoms with Gasteiger partial charge in [-0.25, -0.2) is 9.97 Å². The van der Waals surface area contributed by atoms with Gasteiger partial charge in [0, 0.05) is 5.69 Å². The van der Waals surface area contributed by atoms with Crippen LogP contribution in [0, 0.1) is 29.6 Å². The van der Waals surface area contributed by atoms with Gasteiger partial charge >= 0.3 is 0 Å². The van der Waals surface area contributed by atoms with E-state index in [4.69, 9.17) is 16.3 Å². The number of nitrogens with zero attached hydrogens (tertiary/aromatic N) is 5. The number of hydrogen-bond acceptors (Lipinski definition) is 5. The van der Waals surface area contributed by atoms with Crippen LogP contribution in [-0.2, 0) is 0 Å². The smallest absolute Gasteiger partial charge is 0.177 e. The molecule has 2 heterocycles. The van der Waals surface area contributed by atoms with E-state index in [0.29, 0.717) is 11.5 Å². The summed E-state index contributed by atoms with van der Waals surface area (Å²) in [5.41, 5.74) is 7.19. The summed E-state index contributed by atoms with van der Waals surface area (Å²) in [4.78, 5) is 8.07. The fourth-order valence-corrected chi connectivity index (χ4v) is 1.44. The molecule has 0 aromatic carbocycles. The molecule has 2 aromatic heterocycles. The molecule has 0 aliphatic heterocycles. The van der Waals surface area contributed by atoms with Gasteiger partial charge in [-0.3, -0.25) is 4.57 Å². The van der Waals surface area contributed by atoms with E-state index in [1.807, 2.05) is 19.1 Å². The number of aryl methyl sites for hydroxylation is 1. The minimum absolute atomic E-state index is 0.0650. The monoisotopic (exact) mass is 224 g/mol. The van der Waals surface area contributed by atoms with Gasteiger partial charge in [0.05, 0.1) is 5.69 Å². The summed E-state index contributed by atoms with van der Waals surface area (Å²) in [5.74, 6) is 0.413. The number of aromatic nitrogens is 3. The third-order valence-electron chi connectivity index (χ3n) is 2.25. The van der Waals surface area contributed by atoms with Crippen LogP contribution in [0.2, 0.25) is 0 Å². The zero-order chi connectivity index (χ0) is 12.4. The zero-order valence-electron chi connectivity index (χ0n) is 9.05. The summed E-state index contributed by atoms with van der Waals surface area (Å²) in [7, 11) is 0. The summed E-state index contributed by atoms with van der Waals surface area (Å²) in [6.45, 7) is 1.82.